The highest BCUT2D eigenvalue weighted by molar-refractivity contribution is 6.08. The van der Waals surface area contributed by atoms with E-state index in [9.17, 15) is 9.59 Å². The van der Waals surface area contributed by atoms with Crippen LogP contribution in [0.1, 0.15) is 41.0 Å². The van der Waals surface area contributed by atoms with E-state index >= 15 is 0 Å². The lowest BCUT2D eigenvalue weighted by Gasteiger charge is -2.32. The maximum absolute atomic E-state index is 13.8. The van der Waals surface area contributed by atoms with Gasteiger partial charge >= 0.3 is 5.97 Å². The highest BCUT2D eigenvalue weighted by Gasteiger charge is 2.53. The SMILES string of the molecule is O=C(C/C=C/c1ccccc1)C[C@H](c1ccccc1)[C@@]1(Cc2ccccc2)N=C(c2ccccc2)OC1=O. The quantitative estimate of drug-likeness (QED) is 0.225. The summed E-state index contributed by atoms with van der Waals surface area (Å²) in [6, 6.07) is 38.9. The lowest BCUT2D eigenvalue weighted by Crippen LogP contribution is -2.43. The zero-order valence-corrected chi connectivity index (χ0v) is 21.1. The van der Waals surface area contributed by atoms with Crippen LogP contribution in [0.2, 0.25) is 0 Å². The molecule has 0 fully saturated rings. The topological polar surface area (TPSA) is 55.7 Å². The van der Waals surface area contributed by atoms with Gasteiger partial charge in [0.15, 0.2) is 5.54 Å². The molecule has 188 valence electrons. The summed E-state index contributed by atoms with van der Waals surface area (Å²) < 4.78 is 5.84. The third-order valence-electron chi connectivity index (χ3n) is 6.85. The van der Waals surface area contributed by atoms with E-state index in [1.54, 1.807) is 0 Å². The number of ketones is 1. The Hall–Kier alpha value is -4.57. The maximum atomic E-state index is 13.8. The smallest absolute Gasteiger partial charge is 0.341 e. The zero-order valence-electron chi connectivity index (χ0n) is 21.1. The number of nitrogens with zero attached hydrogens (tertiary/aromatic N) is 1. The molecule has 0 saturated heterocycles. The maximum Gasteiger partial charge on any atom is 0.341 e. The third-order valence-corrected chi connectivity index (χ3v) is 6.85. The summed E-state index contributed by atoms with van der Waals surface area (Å²) in [5, 5.41) is 0. The number of esters is 1. The molecule has 0 aromatic heterocycles. The number of carbonyl (C=O) groups is 2. The third kappa shape index (κ3) is 5.70. The molecule has 4 aromatic rings. The predicted octanol–water partition coefficient (Wildman–Crippen LogP) is 6.82. The molecule has 0 amide bonds. The number of carbonyl (C=O) groups excluding carboxylic acids is 2. The summed E-state index contributed by atoms with van der Waals surface area (Å²) in [6.07, 6.45) is 4.59. The summed E-state index contributed by atoms with van der Waals surface area (Å²) in [5.74, 6) is -0.588. The normalized spacial score (nSPS) is 17.7. The van der Waals surface area contributed by atoms with Crippen molar-refractivity contribution in [1.29, 1.82) is 0 Å². The zero-order chi connectivity index (χ0) is 26.2. The van der Waals surface area contributed by atoms with E-state index in [2.05, 4.69) is 0 Å². The first-order valence-corrected chi connectivity index (χ1v) is 12.8. The van der Waals surface area contributed by atoms with Crippen LogP contribution in [0.3, 0.4) is 0 Å². The Morgan fingerprint density at radius 1 is 0.789 bits per heavy atom. The Kier molecular flexibility index (Phi) is 7.70. The molecule has 0 saturated carbocycles. The van der Waals surface area contributed by atoms with E-state index in [1.165, 1.54) is 0 Å². The first-order chi connectivity index (χ1) is 18.6. The van der Waals surface area contributed by atoms with E-state index < -0.39 is 17.4 Å². The standard InChI is InChI=1S/C34H29NO3/c36-30(23-13-18-26-14-5-1-6-15-26)24-31(28-19-9-3-10-20-28)34(25-27-16-7-2-8-17-27)33(37)38-32(35-34)29-21-11-4-12-22-29/h1-22,31H,23-25H2/b18-13+/t31-,34-/m1/s1. The van der Waals surface area contributed by atoms with Crippen LogP contribution in [0.5, 0.6) is 0 Å². The van der Waals surface area contributed by atoms with Crippen LogP contribution in [0.25, 0.3) is 6.08 Å². The Bertz CT molecular complexity index is 1430. The van der Waals surface area contributed by atoms with Gasteiger partial charge in [-0.25, -0.2) is 9.79 Å². The molecule has 1 aliphatic rings. The summed E-state index contributed by atoms with van der Waals surface area (Å²) in [4.78, 5) is 32.2. The minimum atomic E-state index is -1.27. The van der Waals surface area contributed by atoms with Crippen LogP contribution in [0.15, 0.2) is 132 Å². The number of cyclic esters (lactones) is 1. The molecule has 1 heterocycles. The van der Waals surface area contributed by atoms with Gasteiger partial charge in [-0.1, -0.05) is 121 Å². The van der Waals surface area contributed by atoms with Gasteiger partial charge in [-0.15, -0.1) is 0 Å². The number of Topliss-reactive ketones (excluding diaryl/α,β-unsaturated/α-hetero) is 1. The summed E-state index contributed by atoms with van der Waals surface area (Å²) in [5.41, 5.74) is 2.35. The van der Waals surface area contributed by atoms with E-state index in [1.807, 2.05) is 133 Å². The summed E-state index contributed by atoms with van der Waals surface area (Å²) in [7, 11) is 0. The molecular formula is C34H29NO3. The van der Waals surface area contributed by atoms with Crippen molar-refractivity contribution >= 4 is 23.7 Å². The molecule has 4 nitrogen and oxygen atoms in total. The molecule has 38 heavy (non-hydrogen) atoms. The second-order valence-electron chi connectivity index (χ2n) is 9.48. The van der Waals surface area contributed by atoms with E-state index in [0.717, 1.165) is 22.3 Å². The van der Waals surface area contributed by atoms with Crippen molar-refractivity contribution in [2.45, 2.75) is 30.7 Å². The van der Waals surface area contributed by atoms with Crippen molar-refractivity contribution in [2.24, 2.45) is 4.99 Å². The molecular weight excluding hydrogens is 470 g/mol. The Morgan fingerprint density at radius 3 is 2.03 bits per heavy atom. The largest absolute Gasteiger partial charge is 0.405 e. The van der Waals surface area contributed by atoms with Gasteiger partial charge in [-0.2, -0.15) is 0 Å². The number of benzene rings is 4. The fourth-order valence-corrected chi connectivity index (χ4v) is 4.94. The molecule has 0 unspecified atom stereocenters. The molecule has 4 aromatic carbocycles. The molecule has 0 radical (unpaired) electrons. The highest BCUT2D eigenvalue weighted by Crippen LogP contribution is 2.42. The number of hydrogen-bond donors (Lipinski definition) is 0. The van der Waals surface area contributed by atoms with Gasteiger partial charge in [0.25, 0.3) is 0 Å². The Morgan fingerprint density at radius 2 is 1.37 bits per heavy atom. The van der Waals surface area contributed by atoms with Crippen molar-refractivity contribution in [3.05, 3.63) is 150 Å². The van der Waals surface area contributed by atoms with Gasteiger partial charge < -0.3 is 4.74 Å². The minimum Gasteiger partial charge on any atom is -0.405 e. The number of hydrogen-bond acceptors (Lipinski definition) is 4. The molecule has 0 aliphatic carbocycles. The van der Waals surface area contributed by atoms with Gasteiger partial charge in [-0.05, 0) is 28.8 Å². The number of allylic oxidation sites excluding steroid dienone is 1. The number of ether oxygens (including phenoxy) is 1. The average Bonchev–Trinajstić information content (AvgIpc) is 3.30. The van der Waals surface area contributed by atoms with Crippen LogP contribution in [-0.2, 0) is 20.7 Å². The fourth-order valence-electron chi connectivity index (χ4n) is 4.94. The fraction of sp³-hybridized carbons (Fsp3) is 0.147. The molecule has 5 rings (SSSR count). The van der Waals surface area contributed by atoms with Gasteiger partial charge in [-0.3, -0.25) is 4.79 Å². The highest BCUT2D eigenvalue weighted by atomic mass is 16.6. The van der Waals surface area contributed by atoms with Gasteiger partial charge in [0.1, 0.15) is 5.78 Å². The lowest BCUT2D eigenvalue weighted by atomic mass is 9.73. The van der Waals surface area contributed by atoms with Gasteiger partial charge in [0.05, 0.1) is 0 Å². The number of rotatable bonds is 10. The van der Waals surface area contributed by atoms with Crippen LogP contribution in [0, 0.1) is 0 Å². The Labute approximate surface area is 223 Å². The molecule has 1 aliphatic heterocycles. The van der Waals surface area contributed by atoms with Crippen molar-refractivity contribution < 1.29 is 14.3 Å². The first-order valence-electron chi connectivity index (χ1n) is 12.8. The van der Waals surface area contributed by atoms with E-state index in [4.69, 9.17) is 9.73 Å². The molecule has 0 spiro atoms. The van der Waals surface area contributed by atoms with Gasteiger partial charge in [0, 0.05) is 30.7 Å². The summed E-state index contributed by atoms with van der Waals surface area (Å²) in [6.45, 7) is 0. The van der Waals surface area contributed by atoms with Crippen molar-refractivity contribution in [2.75, 3.05) is 0 Å². The molecule has 0 N–H and O–H groups in total. The van der Waals surface area contributed by atoms with Crippen LogP contribution in [-0.4, -0.2) is 23.2 Å². The van der Waals surface area contributed by atoms with Gasteiger partial charge in [0.2, 0.25) is 5.90 Å². The monoisotopic (exact) mass is 499 g/mol. The van der Waals surface area contributed by atoms with E-state index in [-0.39, 0.29) is 18.6 Å². The van der Waals surface area contributed by atoms with Crippen molar-refractivity contribution in [3.63, 3.8) is 0 Å². The molecule has 2 atom stereocenters. The average molecular weight is 500 g/mol. The van der Waals surface area contributed by atoms with Crippen molar-refractivity contribution in [1.82, 2.24) is 0 Å². The molecule has 4 heteroatoms. The van der Waals surface area contributed by atoms with Crippen LogP contribution >= 0.6 is 0 Å². The van der Waals surface area contributed by atoms with E-state index in [0.29, 0.717) is 12.3 Å². The molecule has 0 bridgehead atoms. The first kappa shape index (κ1) is 25.1. The summed E-state index contributed by atoms with van der Waals surface area (Å²) >= 11 is 0. The minimum absolute atomic E-state index is 0.0367. The Balaban J connectivity index is 1.53. The second-order valence-corrected chi connectivity index (χ2v) is 9.48. The van der Waals surface area contributed by atoms with Crippen molar-refractivity contribution in [3.8, 4) is 0 Å². The number of aliphatic imine (C=N–C) groups is 1. The predicted molar refractivity (Wildman–Crippen MR) is 151 cm³/mol. The second kappa shape index (κ2) is 11.7. The van der Waals surface area contributed by atoms with Crippen LogP contribution < -0.4 is 0 Å². The lowest BCUT2D eigenvalue weighted by molar-refractivity contribution is -0.140. The van der Waals surface area contributed by atoms with Crippen LogP contribution in [0.4, 0.5) is 0 Å².